The lowest BCUT2D eigenvalue weighted by Crippen LogP contribution is -2.40. The molecule has 39 heavy (non-hydrogen) atoms. The van der Waals surface area contributed by atoms with Crippen LogP contribution in [0.4, 0.5) is 5.69 Å². The number of carbonyl (C=O) groups excluding carboxylic acids is 1. The van der Waals surface area contributed by atoms with Crippen LogP contribution in [-0.2, 0) is 9.53 Å². The van der Waals surface area contributed by atoms with Crippen molar-refractivity contribution in [1.82, 2.24) is 14.7 Å². The Hall–Kier alpha value is -2.49. The van der Waals surface area contributed by atoms with Crippen LogP contribution in [0.2, 0.25) is 0 Å². The van der Waals surface area contributed by atoms with E-state index in [0.717, 1.165) is 92.6 Å². The van der Waals surface area contributed by atoms with Gasteiger partial charge < -0.3 is 18.7 Å². The molecule has 7 nitrogen and oxygen atoms in total. The van der Waals surface area contributed by atoms with Gasteiger partial charge in [-0.05, 0) is 120 Å². The zero-order valence-corrected chi connectivity index (χ0v) is 25.6. The van der Waals surface area contributed by atoms with E-state index in [2.05, 4.69) is 59.8 Å². The summed E-state index contributed by atoms with van der Waals surface area (Å²) in [7, 11) is 1.81. The molecule has 0 bridgehead atoms. The van der Waals surface area contributed by atoms with Gasteiger partial charge in [0.1, 0.15) is 11.6 Å². The molecule has 2 aromatic carbocycles. The zero-order valence-electron chi connectivity index (χ0n) is 22.4. The van der Waals surface area contributed by atoms with Crippen LogP contribution in [0.5, 0.6) is 0 Å². The summed E-state index contributed by atoms with van der Waals surface area (Å²) in [5, 5.41) is 4.16. The van der Waals surface area contributed by atoms with Crippen LogP contribution in [0.3, 0.4) is 0 Å². The predicted octanol–water partition coefficient (Wildman–Crippen LogP) is 8.22. The largest absolute Gasteiger partial charge is 0.381 e. The van der Waals surface area contributed by atoms with Gasteiger partial charge in [-0.3, -0.25) is 4.79 Å². The summed E-state index contributed by atoms with van der Waals surface area (Å²) in [5.41, 5.74) is 5.86. The zero-order chi connectivity index (χ0) is 27.3. The maximum Gasteiger partial charge on any atom is 0.227 e. The second-order valence-electron chi connectivity index (χ2n) is 10.7. The third kappa shape index (κ3) is 4.87. The number of piperidine rings is 1. The van der Waals surface area contributed by atoms with E-state index >= 15 is 0 Å². The molecule has 1 saturated carbocycles. The number of fused-ring (bicyclic) bond motifs is 1. The van der Waals surface area contributed by atoms with Gasteiger partial charge in [-0.1, -0.05) is 11.2 Å². The summed E-state index contributed by atoms with van der Waals surface area (Å²) < 4.78 is 15.5. The topological polar surface area (TPSA) is 73.4 Å². The molecule has 1 aliphatic heterocycles. The Bertz CT molecular complexity index is 1520. The van der Waals surface area contributed by atoms with Crippen LogP contribution in [0, 0.1) is 13.8 Å². The Balaban J connectivity index is 1.50. The second-order valence-corrected chi connectivity index (χ2v) is 12.4. The Labute approximate surface area is 245 Å². The second kappa shape index (κ2) is 10.8. The maximum atomic E-state index is 13.5. The highest BCUT2D eigenvalue weighted by atomic mass is 79.9. The first kappa shape index (κ1) is 26.7. The van der Waals surface area contributed by atoms with E-state index in [9.17, 15) is 4.79 Å². The fraction of sp³-hybridized carbons (Fsp3) is 0.433. The van der Waals surface area contributed by atoms with Crippen LogP contribution in [0.15, 0.2) is 49.9 Å². The van der Waals surface area contributed by atoms with Gasteiger partial charge in [0, 0.05) is 39.8 Å². The SMILES string of the molecule is COC1CCC(n2c([C@@H]3CCCC(=O)N3c3ccc(Br)c(Br)c3)nc3cc(-c4c(C)noc4C)ccc32)CC1. The summed E-state index contributed by atoms with van der Waals surface area (Å²) in [6, 6.07) is 12.7. The van der Waals surface area contributed by atoms with Crippen molar-refractivity contribution in [3.8, 4) is 11.1 Å². The number of carbonyl (C=O) groups is 1. The van der Waals surface area contributed by atoms with Crippen molar-refractivity contribution in [1.29, 1.82) is 0 Å². The molecule has 0 radical (unpaired) electrons. The number of nitrogens with zero attached hydrogens (tertiary/aromatic N) is 4. The Morgan fingerprint density at radius 3 is 2.49 bits per heavy atom. The number of aryl methyl sites for hydroxylation is 2. The van der Waals surface area contributed by atoms with Crippen molar-refractivity contribution in [3.05, 3.63) is 62.6 Å². The van der Waals surface area contributed by atoms with Crippen molar-refractivity contribution in [3.63, 3.8) is 0 Å². The van der Waals surface area contributed by atoms with Crippen molar-refractivity contribution in [2.45, 2.75) is 77.0 Å². The summed E-state index contributed by atoms with van der Waals surface area (Å²) in [4.78, 5) is 20.7. The molecule has 0 N–H and O–H groups in total. The van der Waals surface area contributed by atoms with E-state index < -0.39 is 0 Å². The van der Waals surface area contributed by atoms with Gasteiger partial charge in [-0.2, -0.15) is 0 Å². The molecule has 1 aliphatic carbocycles. The fourth-order valence-electron chi connectivity index (χ4n) is 6.40. The number of rotatable bonds is 5. The minimum Gasteiger partial charge on any atom is -0.381 e. The van der Waals surface area contributed by atoms with Crippen LogP contribution < -0.4 is 4.90 Å². The van der Waals surface area contributed by atoms with E-state index in [-0.39, 0.29) is 11.9 Å². The lowest BCUT2D eigenvalue weighted by Gasteiger charge is -2.37. The van der Waals surface area contributed by atoms with Gasteiger partial charge in [-0.15, -0.1) is 0 Å². The molecule has 1 atom stereocenters. The summed E-state index contributed by atoms with van der Waals surface area (Å²) in [6.07, 6.45) is 6.64. The quantitative estimate of drug-likeness (QED) is 0.217. The molecule has 1 saturated heterocycles. The Morgan fingerprint density at radius 1 is 1.00 bits per heavy atom. The summed E-state index contributed by atoms with van der Waals surface area (Å²) in [6.45, 7) is 3.91. The highest BCUT2D eigenvalue weighted by Crippen LogP contribution is 2.42. The number of benzene rings is 2. The Kier molecular flexibility index (Phi) is 7.41. The molecule has 2 aromatic heterocycles. The number of methoxy groups -OCH3 is 1. The van der Waals surface area contributed by atoms with Crippen LogP contribution in [-0.4, -0.2) is 33.8 Å². The molecule has 2 aliphatic rings. The lowest BCUT2D eigenvalue weighted by molar-refractivity contribution is -0.120. The molecule has 9 heteroatoms. The number of ether oxygens (including phenoxy) is 1. The smallest absolute Gasteiger partial charge is 0.227 e. The molecule has 0 spiro atoms. The standard InChI is InChI=1S/C30H32Br2N4O3/c1-17-29(18(2)39-34-17)19-7-14-26-25(15-19)33-30(36(26)20-8-11-22(38-3)12-9-20)27-5-4-6-28(37)35(27)21-10-13-23(31)24(32)16-21/h7,10,13-16,20,22,27H,4-6,8-9,11-12H2,1-3H3/t20?,22?,27-/m0/s1. The van der Waals surface area contributed by atoms with Crippen molar-refractivity contribution in [2.75, 3.05) is 12.0 Å². The van der Waals surface area contributed by atoms with Gasteiger partial charge >= 0.3 is 0 Å². The number of halogens is 2. The normalized spacial score (nSPS) is 22.1. The van der Waals surface area contributed by atoms with E-state index in [4.69, 9.17) is 14.2 Å². The molecule has 6 rings (SSSR count). The number of anilines is 1. The van der Waals surface area contributed by atoms with E-state index in [1.165, 1.54) is 0 Å². The lowest BCUT2D eigenvalue weighted by atomic mass is 9.91. The number of imidazole rings is 1. The number of hydrogen-bond acceptors (Lipinski definition) is 5. The number of hydrogen-bond donors (Lipinski definition) is 0. The molecular formula is C30H32Br2N4O3. The first-order valence-corrected chi connectivity index (χ1v) is 15.2. The van der Waals surface area contributed by atoms with E-state index in [1.54, 1.807) is 7.11 Å². The van der Waals surface area contributed by atoms with Gasteiger partial charge in [0.15, 0.2) is 0 Å². The maximum absolute atomic E-state index is 13.5. The summed E-state index contributed by atoms with van der Waals surface area (Å²) in [5.74, 6) is 1.90. The molecule has 0 unspecified atom stereocenters. The van der Waals surface area contributed by atoms with E-state index in [0.29, 0.717) is 18.6 Å². The van der Waals surface area contributed by atoms with E-state index in [1.807, 2.05) is 36.9 Å². The van der Waals surface area contributed by atoms with Gasteiger partial charge in [0.05, 0.1) is 28.9 Å². The van der Waals surface area contributed by atoms with Crippen LogP contribution in [0.1, 0.15) is 74.3 Å². The number of amides is 1. The molecule has 2 fully saturated rings. The van der Waals surface area contributed by atoms with Crippen molar-refractivity contribution < 1.29 is 14.1 Å². The predicted molar refractivity (Wildman–Crippen MR) is 159 cm³/mol. The molecule has 1 amide bonds. The highest BCUT2D eigenvalue weighted by Gasteiger charge is 2.36. The highest BCUT2D eigenvalue weighted by molar-refractivity contribution is 9.13. The third-order valence-electron chi connectivity index (χ3n) is 8.31. The first-order chi connectivity index (χ1) is 18.9. The first-order valence-electron chi connectivity index (χ1n) is 13.6. The average molecular weight is 656 g/mol. The Morgan fingerprint density at radius 2 is 1.79 bits per heavy atom. The minimum atomic E-state index is -0.144. The minimum absolute atomic E-state index is 0.138. The van der Waals surface area contributed by atoms with Crippen LogP contribution >= 0.6 is 31.9 Å². The summed E-state index contributed by atoms with van der Waals surface area (Å²) >= 11 is 7.21. The molecule has 204 valence electrons. The average Bonchev–Trinajstić information content (AvgIpc) is 3.48. The fourth-order valence-corrected chi connectivity index (χ4v) is 7.01. The molecule has 4 aromatic rings. The van der Waals surface area contributed by atoms with Gasteiger partial charge in [-0.25, -0.2) is 4.98 Å². The molecule has 3 heterocycles. The molecular weight excluding hydrogens is 624 g/mol. The van der Waals surface area contributed by atoms with Gasteiger partial charge in [0.2, 0.25) is 5.91 Å². The number of aromatic nitrogens is 3. The third-order valence-corrected chi connectivity index (χ3v) is 10.2. The van der Waals surface area contributed by atoms with Crippen molar-refractivity contribution in [2.24, 2.45) is 0 Å². The van der Waals surface area contributed by atoms with Crippen molar-refractivity contribution >= 4 is 54.5 Å². The monoisotopic (exact) mass is 654 g/mol. The van der Waals surface area contributed by atoms with Crippen LogP contribution in [0.25, 0.3) is 22.2 Å². The van der Waals surface area contributed by atoms with Gasteiger partial charge in [0.25, 0.3) is 0 Å².